The maximum atomic E-state index is 10.3. The first-order valence-corrected chi connectivity index (χ1v) is 8.70. The number of aromatic nitrogens is 1. The summed E-state index contributed by atoms with van der Waals surface area (Å²) in [7, 11) is 1.71. The molecule has 0 aliphatic rings. The van der Waals surface area contributed by atoms with Crippen LogP contribution >= 0.6 is 0 Å². The predicted molar refractivity (Wildman–Crippen MR) is 106 cm³/mol. The van der Waals surface area contributed by atoms with E-state index in [-0.39, 0.29) is 0 Å². The highest BCUT2D eigenvalue weighted by molar-refractivity contribution is 6.53. The van der Waals surface area contributed by atoms with E-state index in [4.69, 9.17) is 9.07 Å². The number of nitrogens with zero attached hydrogens (tertiary/aromatic N) is 1. The summed E-state index contributed by atoms with van der Waals surface area (Å²) < 4.78 is 12.0. The van der Waals surface area contributed by atoms with E-state index in [2.05, 4.69) is 17.1 Å². The fourth-order valence-corrected chi connectivity index (χ4v) is 2.92. The lowest BCUT2D eigenvalue weighted by Crippen LogP contribution is -2.49. The number of hydrogen-bond donors (Lipinski definition) is 1. The Morgan fingerprint density at radius 2 is 1.81 bits per heavy atom. The van der Waals surface area contributed by atoms with Crippen molar-refractivity contribution >= 4 is 45.8 Å². The molecule has 2 heterocycles. The molecular weight excluding hydrogens is 325 g/mol. The van der Waals surface area contributed by atoms with Crippen LogP contribution in [0.3, 0.4) is 0 Å². The van der Waals surface area contributed by atoms with Crippen LogP contribution in [-0.2, 0) is 4.65 Å². The van der Waals surface area contributed by atoms with Gasteiger partial charge in [-0.1, -0.05) is 24.3 Å². The molecule has 0 bridgehead atoms. The van der Waals surface area contributed by atoms with Gasteiger partial charge >= 0.3 is 7.48 Å². The Bertz CT molecular complexity index is 1110. The van der Waals surface area contributed by atoms with Gasteiger partial charge in [0.25, 0.3) is 0 Å². The minimum absolute atomic E-state index is 0.627. The fourth-order valence-electron chi connectivity index (χ4n) is 2.92. The van der Waals surface area contributed by atoms with Crippen molar-refractivity contribution in [1.29, 1.82) is 0 Å². The van der Waals surface area contributed by atoms with Crippen LogP contribution in [0.4, 0.5) is 0 Å². The smallest absolute Gasteiger partial charge is 0.331 e. The second kappa shape index (κ2) is 5.83. The fraction of sp³-hybridized carbons (Fsp3) is 0.286. The van der Waals surface area contributed by atoms with Gasteiger partial charge in [-0.05, 0) is 56.7 Å². The molecule has 1 N–H and O–H groups in total. The molecule has 4 aromatic rings. The van der Waals surface area contributed by atoms with Crippen LogP contribution in [-0.4, -0.2) is 28.8 Å². The molecule has 0 atom stereocenters. The Kier molecular flexibility index (Phi) is 3.83. The molecule has 131 valence electrons. The Morgan fingerprint density at radius 3 is 2.58 bits per heavy atom. The van der Waals surface area contributed by atoms with Gasteiger partial charge < -0.3 is 14.2 Å². The molecule has 0 aliphatic carbocycles. The predicted octanol–water partition coefficient (Wildman–Crippen LogP) is 3.94. The number of fused-ring (bicyclic) bond motifs is 5. The molecule has 0 amide bonds. The van der Waals surface area contributed by atoms with Gasteiger partial charge in [0.2, 0.25) is 5.71 Å². The summed E-state index contributed by atoms with van der Waals surface area (Å²) in [5.74, 6) is 0. The molecule has 0 spiro atoms. The van der Waals surface area contributed by atoms with Crippen LogP contribution in [0.5, 0.6) is 0 Å². The molecular formula is C21H21BNO3. The Balaban J connectivity index is 1.87. The topological polar surface area (TPSA) is 55.5 Å². The summed E-state index contributed by atoms with van der Waals surface area (Å²) in [6.45, 7) is 7.23. The van der Waals surface area contributed by atoms with Crippen molar-refractivity contribution in [3.8, 4) is 0 Å². The van der Waals surface area contributed by atoms with Crippen LogP contribution in [0, 0.1) is 0 Å². The first-order chi connectivity index (χ1) is 12.3. The second-order valence-corrected chi connectivity index (χ2v) is 7.65. The molecule has 0 fully saturated rings. The minimum Gasteiger partial charge on any atom is -0.437 e. The zero-order chi connectivity index (χ0) is 18.5. The Morgan fingerprint density at radius 1 is 1.00 bits per heavy atom. The molecule has 2 aromatic carbocycles. The minimum atomic E-state index is -0.979. The molecule has 0 aliphatic heterocycles. The number of hydrogen-bond acceptors (Lipinski definition) is 4. The van der Waals surface area contributed by atoms with E-state index in [0.29, 0.717) is 5.71 Å². The van der Waals surface area contributed by atoms with Crippen molar-refractivity contribution in [3.05, 3.63) is 48.7 Å². The average Bonchev–Trinajstić information content (AvgIpc) is 2.97. The molecule has 5 heteroatoms. The molecule has 0 unspecified atom stereocenters. The highest BCUT2D eigenvalue weighted by Crippen LogP contribution is 2.32. The van der Waals surface area contributed by atoms with Crippen molar-refractivity contribution in [1.82, 2.24) is 4.98 Å². The molecule has 4 nitrogen and oxygen atoms in total. The van der Waals surface area contributed by atoms with Crippen LogP contribution < -0.4 is 5.46 Å². The lowest BCUT2D eigenvalue weighted by molar-refractivity contribution is -0.0893. The second-order valence-electron chi connectivity index (χ2n) is 7.65. The maximum absolute atomic E-state index is 10.3. The number of aliphatic hydroxyl groups is 1. The van der Waals surface area contributed by atoms with Gasteiger partial charge in [0, 0.05) is 22.4 Å². The van der Waals surface area contributed by atoms with Crippen LogP contribution in [0.25, 0.3) is 32.8 Å². The lowest BCUT2D eigenvalue weighted by atomic mass is 9.80. The summed E-state index contributed by atoms with van der Waals surface area (Å²) in [4.78, 5) is 4.33. The van der Waals surface area contributed by atoms with Gasteiger partial charge in [-0.25, -0.2) is 4.98 Å². The van der Waals surface area contributed by atoms with Crippen molar-refractivity contribution in [2.24, 2.45) is 0 Å². The van der Waals surface area contributed by atoms with Gasteiger partial charge in [-0.15, -0.1) is 0 Å². The van der Waals surface area contributed by atoms with Gasteiger partial charge in [-0.2, -0.15) is 0 Å². The maximum Gasteiger partial charge on any atom is 0.331 e. The van der Waals surface area contributed by atoms with E-state index in [1.54, 1.807) is 27.5 Å². The number of pyridine rings is 1. The van der Waals surface area contributed by atoms with E-state index >= 15 is 0 Å². The first kappa shape index (κ1) is 17.1. The number of rotatable bonds is 4. The van der Waals surface area contributed by atoms with Gasteiger partial charge in [0.15, 0.2) is 0 Å². The van der Waals surface area contributed by atoms with Crippen molar-refractivity contribution < 1.29 is 14.2 Å². The van der Waals surface area contributed by atoms with Gasteiger partial charge in [0.05, 0.1) is 11.2 Å². The number of furan rings is 1. The van der Waals surface area contributed by atoms with Crippen molar-refractivity contribution in [3.63, 3.8) is 0 Å². The van der Waals surface area contributed by atoms with E-state index in [1.807, 2.05) is 44.2 Å². The molecule has 1 radical (unpaired) electrons. The largest absolute Gasteiger partial charge is 0.437 e. The molecule has 2 aromatic heterocycles. The Labute approximate surface area is 153 Å². The molecule has 4 rings (SSSR count). The third-order valence-electron chi connectivity index (χ3n) is 5.24. The van der Waals surface area contributed by atoms with E-state index in [0.717, 1.165) is 32.6 Å². The lowest BCUT2D eigenvalue weighted by Gasteiger charge is -2.37. The standard InChI is InChI=1S/C21H21BNO3/c1-20(2,24)21(3,4)26-22-16-9-5-7-13-10-11-14-15-8-6-12-23-19(15)25-18(14)17(13)16/h5-12,24H,1-4H3. The van der Waals surface area contributed by atoms with Crippen LogP contribution in [0.1, 0.15) is 27.7 Å². The van der Waals surface area contributed by atoms with Crippen LogP contribution in [0.2, 0.25) is 0 Å². The average molecular weight is 346 g/mol. The zero-order valence-corrected chi connectivity index (χ0v) is 15.4. The monoisotopic (exact) mass is 346 g/mol. The van der Waals surface area contributed by atoms with Gasteiger partial charge in [-0.3, -0.25) is 0 Å². The summed E-state index contributed by atoms with van der Waals surface area (Å²) in [5.41, 5.74) is 0.616. The Hall–Kier alpha value is -2.37. The van der Waals surface area contributed by atoms with E-state index in [9.17, 15) is 5.11 Å². The van der Waals surface area contributed by atoms with Crippen molar-refractivity contribution in [2.75, 3.05) is 0 Å². The molecule has 0 saturated heterocycles. The molecule has 26 heavy (non-hydrogen) atoms. The normalized spacial score (nSPS) is 13.0. The van der Waals surface area contributed by atoms with Crippen LogP contribution in [0.15, 0.2) is 53.1 Å². The SMILES string of the molecule is CC(C)(O)C(C)(C)O[B]c1cccc2ccc3c4cccnc4oc3c12. The third kappa shape index (κ3) is 2.68. The zero-order valence-electron chi connectivity index (χ0n) is 15.4. The first-order valence-electron chi connectivity index (χ1n) is 8.70. The van der Waals surface area contributed by atoms with Gasteiger partial charge in [0.1, 0.15) is 5.58 Å². The number of benzene rings is 2. The molecule has 0 saturated carbocycles. The highest BCUT2D eigenvalue weighted by Gasteiger charge is 2.35. The van der Waals surface area contributed by atoms with Crippen molar-refractivity contribution in [2.45, 2.75) is 38.9 Å². The third-order valence-corrected chi connectivity index (χ3v) is 5.24. The summed E-state index contributed by atoms with van der Waals surface area (Å²) in [5, 5.41) is 14.4. The summed E-state index contributed by atoms with van der Waals surface area (Å²) >= 11 is 0. The van der Waals surface area contributed by atoms with E-state index < -0.39 is 11.2 Å². The highest BCUT2D eigenvalue weighted by atomic mass is 16.5. The quantitative estimate of drug-likeness (QED) is 0.569. The summed E-state index contributed by atoms with van der Waals surface area (Å²) in [6, 6.07) is 14.1. The van der Waals surface area contributed by atoms with E-state index in [1.165, 1.54) is 0 Å². The summed E-state index contributed by atoms with van der Waals surface area (Å²) in [6.07, 6.45) is 1.73.